The van der Waals surface area contributed by atoms with Crippen molar-refractivity contribution in [3.05, 3.63) is 83.9 Å². The number of rotatable bonds is 11. The molecule has 0 fully saturated rings. The first kappa shape index (κ1) is 31.7. The molecule has 0 unspecified atom stereocenters. The minimum atomic E-state index is -6.18. The van der Waals surface area contributed by atoms with E-state index in [1.165, 1.54) is 12.1 Å². The second-order valence-corrected chi connectivity index (χ2v) is 11.9. The van der Waals surface area contributed by atoms with E-state index in [1.54, 1.807) is 35.6 Å². The van der Waals surface area contributed by atoms with Gasteiger partial charge in [-0.15, -0.1) is 0 Å². The highest BCUT2D eigenvalue weighted by atomic mass is 32.2. The lowest BCUT2D eigenvalue weighted by molar-refractivity contribution is -0.173. The van der Waals surface area contributed by atoms with Gasteiger partial charge in [0.05, 0.1) is 9.79 Å². The molecule has 0 atom stereocenters. The average molecular weight is 626 g/mol. The summed E-state index contributed by atoms with van der Waals surface area (Å²) in [5.74, 6) is -3.55. The highest BCUT2D eigenvalue weighted by Crippen LogP contribution is 2.36. The Morgan fingerprint density at radius 2 is 1.37 bits per heavy atom. The first-order valence-electron chi connectivity index (χ1n) is 11.5. The molecule has 0 aliphatic heterocycles. The zero-order valence-corrected chi connectivity index (χ0v) is 22.3. The summed E-state index contributed by atoms with van der Waals surface area (Å²) < 4.78 is 135. The van der Waals surface area contributed by atoms with Crippen LogP contribution >= 0.6 is 0 Å². The van der Waals surface area contributed by atoms with Crippen molar-refractivity contribution in [1.29, 1.82) is 0 Å². The van der Waals surface area contributed by atoms with Crippen LogP contribution in [-0.4, -0.2) is 41.0 Å². The first-order valence-corrected chi connectivity index (χ1v) is 14.4. The highest BCUT2D eigenvalue weighted by Gasteiger charge is 2.49. The van der Waals surface area contributed by atoms with Crippen molar-refractivity contribution in [2.45, 2.75) is 40.9 Å². The van der Waals surface area contributed by atoms with E-state index in [-0.39, 0.29) is 30.9 Å². The number of hydrogen-bond acceptors (Lipinski definition) is 7. The normalized spacial score (nSPS) is 12.5. The van der Waals surface area contributed by atoms with Crippen LogP contribution in [0.3, 0.4) is 0 Å². The second-order valence-electron chi connectivity index (χ2n) is 8.37. The summed E-state index contributed by atoms with van der Waals surface area (Å²) in [7, 11) is -10.6. The Balaban J connectivity index is 1.81. The van der Waals surface area contributed by atoms with Crippen molar-refractivity contribution in [1.82, 2.24) is 5.32 Å². The second kappa shape index (κ2) is 12.4. The molecular weight excluding hydrogens is 604 g/mol. The Morgan fingerprint density at radius 1 is 0.756 bits per heavy atom. The van der Waals surface area contributed by atoms with Crippen LogP contribution in [0.15, 0.2) is 82.6 Å². The van der Waals surface area contributed by atoms with Gasteiger partial charge in [0.25, 0.3) is 0 Å². The third-order valence-electron chi connectivity index (χ3n) is 5.36. The predicted molar refractivity (Wildman–Crippen MR) is 132 cm³/mol. The van der Waals surface area contributed by atoms with Crippen molar-refractivity contribution in [2.24, 2.45) is 0 Å². The topological polar surface area (TPSA) is 116 Å². The van der Waals surface area contributed by atoms with E-state index >= 15 is 0 Å². The van der Waals surface area contributed by atoms with E-state index in [0.717, 1.165) is 24.3 Å². The molecule has 41 heavy (non-hydrogen) atoms. The van der Waals surface area contributed by atoms with Gasteiger partial charge in [-0.2, -0.15) is 34.8 Å². The fourth-order valence-electron chi connectivity index (χ4n) is 3.31. The molecule has 0 aliphatic rings. The number of hydrogen-bond donors (Lipinski definition) is 1. The highest BCUT2D eigenvalue weighted by molar-refractivity contribution is 7.91. The summed E-state index contributed by atoms with van der Waals surface area (Å²) in [6, 6.07) is 15.9. The largest absolute Gasteiger partial charge is 0.534 e. The van der Waals surface area contributed by atoms with Crippen molar-refractivity contribution >= 4 is 25.9 Å². The van der Waals surface area contributed by atoms with Gasteiger partial charge in [-0.1, -0.05) is 42.5 Å². The molecule has 222 valence electrons. The van der Waals surface area contributed by atoms with Gasteiger partial charge in [-0.25, -0.2) is 8.42 Å². The van der Waals surface area contributed by atoms with Gasteiger partial charge in [0.1, 0.15) is 6.61 Å². The molecule has 16 heteroatoms. The van der Waals surface area contributed by atoms with Gasteiger partial charge in [0.2, 0.25) is 9.84 Å². The number of sulfone groups is 1. The molecule has 8 nitrogen and oxygen atoms in total. The molecular formula is C25H21F6NO7S2. The molecule has 0 radical (unpaired) electrons. The molecule has 0 saturated carbocycles. The number of nitrogens with one attached hydrogen (secondary N) is 1. The molecule has 0 saturated heterocycles. The average Bonchev–Trinajstić information content (AvgIpc) is 2.89. The number of alkyl halides is 6. The zero-order valence-electron chi connectivity index (χ0n) is 20.7. The Kier molecular flexibility index (Phi) is 9.58. The summed E-state index contributed by atoms with van der Waals surface area (Å²) in [4.78, 5) is 9.92. The van der Waals surface area contributed by atoms with Crippen LogP contribution < -0.4 is 14.2 Å². The molecule has 3 aromatic rings. The van der Waals surface area contributed by atoms with E-state index in [2.05, 4.69) is 4.18 Å². The Hall–Kier alpha value is -3.79. The van der Waals surface area contributed by atoms with Crippen LogP contribution in [0.1, 0.15) is 17.5 Å². The third-order valence-corrected chi connectivity index (χ3v) is 8.10. The number of carbonyl (C=O) groups excluding carboxylic acids is 1. The van der Waals surface area contributed by atoms with E-state index in [4.69, 9.17) is 4.74 Å². The van der Waals surface area contributed by atoms with E-state index in [0.29, 0.717) is 17.2 Å². The molecule has 0 aliphatic carbocycles. The number of benzene rings is 3. The van der Waals surface area contributed by atoms with Gasteiger partial charge in [0, 0.05) is 12.6 Å². The standard InChI is InChI=1S/C25H21F6NO7S2/c26-24(27,28)23(33)32-14-4-7-17-8-10-19(11-9-17)40(34,35)20-12-13-21(38-16-18-5-2-1-3-6-18)22(15-20)39-41(36,37)25(29,30)31/h1-3,5-6,8-13,15H,4,7,14,16H2,(H,32,33). The van der Waals surface area contributed by atoms with Gasteiger partial charge >= 0.3 is 27.7 Å². The smallest absolute Gasteiger partial charge is 0.485 e. The monoisotopic (exact) mass is 625 g/mol. The lowest BCUT2D eigenvalue weighted by atomic mass is 10.1. The lowest BCUT2D eigenvalue weighted by Crippen LogP contribution is -2.37. The number of ether oxygens (including phenoxy) is 1. The van der Waals surface area contributed by atoms with E-state index in [9.17, 15) is 48.0 Å². The summed E-state index contributed by atoms with van der Waals surface area (Å²) in [5, 5.41) is 1.71. The third kappa shape index (κ3) is 8.36. The van der Waals surface area contributed by atoms with Crippen LogP contribution in [0.2, 0.25) is 0 Å². The number of aryl methyl sites for hydroxylation is 1. The van der Waals surface area contributed by atoms with Crippen LogP contribution in [0.25, 0.3) is 0 Å². The minimum Gasteiger partial charge on any atom is -0.485 e. The van der Waals surface area contributed by atoms with Gasteiger partial charge in [0.15, 0.2) is 11.5 Å². The Bertz CT molecular complexity index is 1570. The van der Waals surface area contributed by atoms with Crippen molar-refractivity contribution in [3.8, 4) is 11.5 Å². The minimum absolute atomic E-state index is 0.118. The predicted octanol–water partition coefficient (Wildman–Crippen LogP) is 4.94. The fraction of sp³-hybridized carbons (Fsp3) is 0.240. The molecule has 0 spiro atoms. The van der Waals surface area contributed by atoms with E-state index in [1.807, 2.05) is 0 Å². The fourth-order valence-corrected chi connectivity index (χ4v) is 5.04. The number of carbonyl (C=O) groups is 1. The molecule has 0 bridgehead atoms. The SMILES string of the molecule is O=C(NCCCc1ccc(S(=O)(=O)c2ccc(OCc3ccccc3)c(OS(=O)(=O)C(F)(F)F)c2)cc1)C(F)(F)F. The van der Waals surface area contributed by atoms with Gasteiger partial charge in [-0.3, -0.25) is 4.79 Å². The Morgan fingerprint density at radius 3 is 1.95 bits per heavy atom. The maximum Gasteiger partial charge on any atom is 0.534 e. The first-order chi connectivity index (χ1) is 19.0. The summed E-state index contributed by atoms with van der Waals surface area (Å²) in [6.45, 7) is -0.475. The molecule has 1 N–H and O–H groups in total. The van der Waals surface area contributed by atoms with Gasteiger partial charge < -0.3 is 14.2 Å². The lowest BCUT2D eigenvalue weighted by Gasteiger charge is -2.15. The van der Waals surface area contributed by atoms with Crippen molar-refractivity contribution in [2.75, 3.05) is 6.54 Å². The molecule has 3 aromatic carbocycles. The molecule has 0 aromatic heterocycles. The molecule has 1 amide bonds. The van der Waals surface area contributed by atoms with E-state index < -0.39 is 53.9 Å². The quantitative estimate of drug-likeness (QED) is 0.139. The van der Waals surface area contributed by atoms with Gasteiger partial charge in [-0.05, 0) is 48.2 Å². The maximum absolute atomic E-state index is 13.2. The number of amides is 1. The summed E-state index contributed by atoms with van der Waals surface area (Å²) in [5.41, 5.74) is -4.70. The van der Waals surface area contributed by atoms with Crippen LogP contribution in [0.5, 0.6) is 11.5 Å². The maximum atomic E-state index is 13.2. The van der Waals surface area contributed by atoms with Crippen molar-refractivity contribution in [3.63, 3.8) is 0 Å². The number of halogens is 6. The summed E-state index contributed by atoms with van der Waals surface area (Å²) in [6.07, 6.45) is -4.70. The van der Waals surface area contributed by atoms with Crippen molar-refractivity contribution < 1.29 is 56.9 Å². The van der Waals surface area contributed by atoms with Crippen LogP contribution in [0.4, 0.5) is 26.3 Å². The molecule has 0 heterocycles. The Labute approximate surface area is 230 Å². The summed E-state index contributed by atoms with van der Waals surface area (Å²) >= 11 is 0. The molecule has 3 rings (SSSR count). The van der Waals surface area contributed by atoms with Crippen LogP contribution in [0, 0.1) is 0 Å². The van der Waals surface area contributed by atoms with Crippen LogP contribution in [-0.2, 0) is 37.8 Å². The zero-order chi connectivity index (χ0) is 30.5.